The summed E-state index contributed by atoms with van der Waals surface area (Å²) < 4.78 is 15.6. The normalized spacial score (nSPS) is 11.5. The summed E-state index contributed by atoms with van der Waals surface area (Å²) >= 11 is 0. The first-order chi connectivity index (χ1) is 15.4. The van der Waals surface area contributed by atoms with Gasteiger partial charge >= 0.3 is 17.9 Å². The van der Waals surface area contributed by atoms with E-state index in [-0.39, 0.29) is 58.7 Å². The third-order valence-electron chi connectivity index (χ3n) is 3.85. The van der Waals surface area contributed by atoms with Gasteiger partial charge in [0.25, 0.3) is 0 Å². The Morgan fingerprint density at radius 3 is 1.19 bits per heavy atom. The van der Waals surface area contributed by atoms with Gasteiger partial charge in [-0.15, -0.1) is 0 Å². The van der Waals surface area contributed by atoms with Crippen molar-refractivity contribution in [3.8, 4) is 0 Å². The van der Waals surface area contributed by atoms with Crippen LogP contribution in [0, 0.1) is 5.41 Å². The topological polar surface area (TPSA) is 225 Å². The van der Waals surface area contributed by atoms with Crippen LogP contribution >= 0.6 is 0 Å². The van der Waals surface area contributed by atoms with Gasteiger partial charge in [-0.2, -0.15) is 0 Å². The summed E-state index contributed by atoms with van der Waals surface area (Å²) in [6.07, 6.45) is 1.06. The third-order valence-corrected chi connectivity index (χ3v) is 3.85. The van der Waals surface area contributed by atoms with Crippen LogP contribution in [0.1, 0.15) is 45.4 Å². The molecule has 0 amide bonds. The summed E-state index contributed by atoms with van der Waals surface area (Å²) in [6, 6.07) is 0. The maximum Gasteiger partial charge on any atom is 0.305 e. The molecule has 15 nitrogen and oxygen atoms in total. The maximum absolute atomic E-state index is 11.9. The Bertz CT molecular complexity index is 658. The molecule has 0 rings (SSSR count). The second-order valence-electron chi connectivity index (χ2n) is 6.97. The van der Waals surface area contributed by atoms with Gasteiger partial charge in [0.1, 0.15) is 19.8 Å². The molecule has 0 saturated carbocycles. The predicted octanol–water partition coefficient (Wildman–Crippen LogP) is 3.89. The highest BCUT2D eigenvalue weighted by Crippen LogP contribution is 2.20. The van der Waals surface area contributed by atoms with Crippen LogP contribution in [0.15, 0.2) is 15.3 Å². The number of azide groups is 3. The Labute approximate surface area is 184 Å². The van der Waals surface area contributed by atoms with Crippen molar-refractivity contribution in [2.75, 3.05) is 39.5 Å². The molecular formula is C17H27N9O6. The minimum Gasteiger partial charge on any atom is -0.465 e. The third kappa shape index (κ3) is 16.2. The van der Waals surface area contributed by atoms with E-state index in [4.69, 9.17) is 30.8 Å². The number of hydrogen-bond acceptors (Lipinski definition) is 9. The molecule has 0 aliphatic rings. The van der Waals surface area contributed by atoms with Gasteiger partial charge in [0.2, 0.25) is 0 Å². The standard InChI is InChI=1S/C17H27N9O6/c1-17(11-30-14(27)5-2-8-21-24-18,12-31-15(28)6-3-9-22-25-19)13-32-16(29)7-4-10-23-26-20/h2-13H2,1H3. The second kappa shape index (κ2) is 18.1. The monoisotopic (exact) mass is 453 g/mol. The fourth-order valence-electron chi connectivity index (χ4n) is 2.12. The van der Waals surface area contributed by atoms with Crippen LogP contribution in [0.5, 0.6) is 0 Å². The predicted molar refractivity (Wildman–Crippen MR) is 111 cm³/mol. The SMILES string of the molecule is CC(COC(=O)CCCN=[N+]=[N-])(COC(=O)CCCN=[N+]=[N-])COC(=O)CCCN=[N+]=[N-]. The Balaban J connectivity index is 4.72. The van der Waals surface area contributed by atoms with E-state index in [9.17, 15) is 14.4 Å². The van der Waals surface area contributed by atoms with Crippen molar-refractivity contribution < 1.29 is 28.6 Å². The Kier molecular flexibility index (Phi) is 16.1. The van der Waals surface area contributed by atoms with E-state index >= 15 is 0 Å². The van der Waals surface area contributed by atoms with Gasteiger partial charge < -0.3 is 14.2 Å². The number of rotatable bonds is 18. The molecule has 0 aromatic rings. The molecule has 0 heterocycles. The lowest BCUT2D eigenvalue weighted by Crippen LogP contribution is -2.37. The first-order valence-electron chi connectivity index (χ1n) is 9.86. The average molecular weight is 453 g/mol. The minimum absolute atomic E-state index is 0.0352. The molecule has 0 N–H and O–H groups in total. The van der Waals surface area contributed by atoms with E-state index in [2.05, 4.69) is 30.1 Å². The summed E-state index contributed by atoms with van der Waals surface area (Å²) in [5.74, 6) is -1.61. The molecule has 0 spiro atoms. The molecule has 0 aliphatic carbocycles. The largest absolute Gasteiger partial charge is 0.465 e. The zero-order valence-electron chi connectivity index (χ0n) is 18.0. The number of carbonyl (C=O) groups is 3. The molecular weight excluding hydrogens is 426 g/mol. The van der Waals surface area contributed by atoms with E-state index < -0.39 is 23.3 Å². The van der Waals surface area contributed by atoms with Gasteiger partial charge in [-0.25, -0.2) is 0 Å². The van der Waals surface area contributed by atoms with Gasteiger partial charge in [-0.1, -0.05) is 15.3 Å². The summed E-state index contributed by atoms with van der Waals surface area (Å²) in [5.41, 5.74) is 23.7. The van der Waals surface area contributed by atoms with Crippen molar-refractivity contribution in [1.29, 1.82) is 0 Å². The molecule has 0 atom stereocenters. The summed E-state index contributed by atoms with van der Waals surface area (Å²) in [6.45, 7) is 1.57. The van der Waals surface area contributed by atoms with Crippen molar-refractivity contribution in [1.82, 2.24) is 0 Å². The van der Waals surface area contributed by atoms with Crippen molar-refractivity contribution in [3.63, 3.8) is 0 Å². The molecule has 0 aromatic carbocycles. The van der Waals surface area contributed by atoms with E-state index in [0.717, 1.165) is 0 Å². The molecule has 0 saturated heterocycles. The molecule has 15 heteroatoms. The molecule has 32 heavy (non-hydrogen) atoms. The Morgan fingerprint density at radius 2 is 0.938 bits per heavy atom. The van der Waals surface area contributed by atoms with Gasteiger partial charge in [0.15, 0.2) is 0 Å². The summed E-state index contributed by atoms with van der Waals surface area (Å²) in [4.78, 5) is 43.4. The van der Waals surface area contributed by atoms with Gasteiger partial charge in [0.05, 0.1) is 5.41 Å². The lowest BCUT2D eigenvalue weighted by atomic mass is 9.94. The summed E-state index contributed by atoms with van der Waals surface area (Å²) in [5, 5.41) is 9.98. The molecule has 0 unspecified atom stereocenters. The van der Waals surface area contributed by atoms with Crippen molar-refractivity contribution in [3.05, 3.63) is 31.3 Å². The average Bonchev–Trinajstić information content (AvgIpc) is 2.78. The van der Waals surface area contributed by atoms with Crippen molar-refractivity contribution in [2.24, 2.45) is 20.8 Å². The Hall–Kier alpha value is -3.66. The number of ether oxygens (including phenoxy) is 3. The van der Waals surface area contributed by atoms with Crippen LogP contribution in [-0.4, -0.2) is 57.4 Å². The fraction of sp³-hybridized carbons (Fsp3) is 0.824. The fourth-order valence-corrected chi connectivity index (χ4v) is 2.12. The maximum atomic E-state index is 11.9. The second-order valence-corrected chi connectivity index (χ2v) is 6.97. The molecule has 0 radical (unpaired) electrons. The van der Waals surface area contributed by atoms with Crippen molar-refractivity contribution >= 4 is 17.9 Å². The summed E-state index contributed by atoms with van der Waals surface area (Å²) in [7, 11) is 0. The highest BCUT2D eigenvalue weighted by atomic mass is 16.6. The number of hydrogen-bond donors (Lipinski definition) is 0. The van der Waals surface area contributed by atoms with Crippen LogP contribution in [0.3, 0.4) is 0 Å². The zero-order valence-corrected chi connectivity index (χ0v) is 18.0. The lowest BCUT2D eigenvalue weighted by Gasteiger charge is -2.28. The van der Waals surface area contributed by atoms with E-state index in [1.54, 1.807) is 6.92 Å². The first kappa shape index (κ1) is 28.3. The number of esters is 3. The zero-order chi connectivity index (χ0) is 24.1. The quantitative estimate of drug-likeness (QED) is 0.0745. The number of carbonyl (C=O) groups excluding carboxylic acids is 3. The van der Waals surface area contributed by atoms with Gasteiger partial charge in [-0.3, -0.25) is 14.4 Å². The first-order valence-corrected chi connectivity index (χ1v) is 9.86. The van der Waals surface area contributed by atoms with Gasteiger partial charge in [0, 0.05) is 53.6 Å². The van der Waals surface area contributed by atoms with Crippen LogP contribution in [0.4, 0.5) is 0 Å². The molecule has 0 aliphatic heterocycles. The van der Waals surface area contributed by atoms with Crippen LogP contribution in [0.25, 0.3) is 31.3 Å². The van der Waals surface area contributed by atoms with Gasteiger partial charge in [-0.05, 0) is 42.8 Å². The number of nitrogens with zero attached hydrogens (tertiary/aromatic N) is 9. The van der Waals surface area contributed by atoms with Crippen molar-refractivity contribution in [2.45, 2.75) is 45.4 Å². The minimum atomic E-state index is -0.999. The van der Waals surface area contributed by atoms with E-state index in [0.29, 0.717) is 19.3 Å². The highest BCUT2D eigenvalue weighted by Gasteiger charge is 2.30. The smallest absolute Gasteiger partial charge is 0.305 e. The molecule has 0 fully saturated rings. The molecule has 0 aromatic heterocycles. The van der Waals surface area contributed by atoms with Crippen LogP contribution in [-0.2, 0) is 28.6 Å². The highest BCUT2D eigenvalue weighted by molar-refractivity contribution is 5.70. The molecule has 0 bridgehead atoms. The Morgan fingerprint density at radius 1 is 0.656 bits per heavy atom. The van der Waals surface area contributed by atoms with E-state index in [1.165, 1.54) is 0 Å². The van der Waals surface area contributed by atoms with E-state index in [1.807, 2.05) is 0 Å². The molecule has 176 valence electrons. The lowest BCUT2D eigenvalue weighted by molar-refractivity contribution is -0.160. The van der Waals surface area contributed by atoms with Crippen LogP contribution in [0.2, 0.25) is 0 Å². The van der Waals surface area contributed by atoms with Crippen LogP contribution < -0.4 is 0 Å².